The molecule has 20 heavy (non-hydrogen) atoms. The van der Waals surface area contributed by atoms with E-state index < -0.39 is 0 Å². The molecule has 0 atom stereocenters. The van der Waals surface area contributed by atoms with E-state index in [9.17, 15) is 10.1 Å². The molecule has 0 saturated carbocycles. The SMILES string of the molecule is CC(C)(C)c1ccc(SCc2ccco2)c([N+](=O)[O-])c1. The third-order valence-electron chi connectivity index (χ3n) is 2.97. The molecule has 0 aliphatic rings. The smallest absolute Gasteiger partial charge is 0.283 e. The lowest BCUT2D eigenvalue weighted by Gasteiger charge is -2.19. The van der Waals surface area contributed by atoms with Crippen molar-refractivity contribution >= 4 is 17.4 Å². The Balaban J connectivity index is 2.26. The van der Waals surface area contributed by atoms with Crippen molar-refractivity contribution in [3.05, 3.63) is 58.0 Å². The summed E-state index contributed by atoms with van der Waals surface area (Å²) < 4.78 is 5.24. The average molecular weight is 291 g/mol. The molecule has 0 fully saturated rings. The van der Waals surface area contributed by atoms with Crippen LogP contribution in [0.25, 0.3) is 0 Å². The second kappa shape index (κ2) is 5.71. The van der Waals surface area contributed by atoms with E-state index in [0.717, 1.165) is 11.3 Å². The summed E-state index contributed by atoms with van der Waals surface area (Å²) in [5.41, 5.74) is 1.02. The van der Waals surface area contributed by atoms with Gasteiger partial charge in [0.05, 0.1) is 21.8 Å². The molecule has 1 aromatic carbocycles. The Kier molecular flexibility index (Phi) is 4.18. The summed E-state index contributed by atoms with van der Waals surface area (Å²) >= 11 is 1.42. The number of benzene rings is 1. The van der Waals surface area contributed by atoms with Gasteiger partial charge in [0.1, 0.15) is 5.76 Å². The highest BCUT2D eigenvalue weighted by atomic mass is 32.2. The van der Waals surface area contributed by atoms with Crippen molar-refractivity contribution in [3.63, 3.8) is 0 Å². The molecule has 0 amide bonds. The summed E-state index contributed by atoms with van der Waals surface area (Å²) in [5, 5.41) is 11.2. The van der Waals surface area contributed by atoms with Gasteiger partial charge < -0.3 is 4.42 Å². The molecule has 0 aliphatic carbocycles. The van der Waals surface area contributed by atoms with Gasteiger partial charge in [-0.15, -0.1) is 11.8 Å². The highest BCUT2D eigenvalue weighted by Gasteiger charge is 2.21. The highest BCUT2D eigenvalue weighted by Crippen LogP contribution is 2.35. The quantitative estimate of drug-likeness (QED) is 0.462. The molecule has 0 spiro atoms. The van der Waals surface area contributed by atoms with Crippen LogP contribution < -0.4 is 0 Å². The number of rotatable bonds is 4. The molecular formula is C15H17NO3S. The fourth-order valence-electron chi connectivity index (χ4n) is 1.79. The number of nitro benzene ring substituents is 1. The molecule has 0 N–H and O–H groups in total. The number of thioether (sulfide) groups is 1. The predicted octanol–water partition coefficient (Wildman–Crippen LogP) is 4.78. The normalized spacial score (nSPS) is 11.6. The minimum atomic E-state index is -0.320. The molecule has 0 unspecified atom stereocenters. The lowest BCUT2D eigenvalue weighted by molar-refractivity contribution is -0.387. The second-order valence-corrected chi connectivity index (χ2v) is 6.57. The maximum atomic E-state index is 11.2. The maximum absolute atomic E-state index is 11.2. The Hall–Kier alpha value is -1.75. The van der Waals surface area contributed by atoms with E-state index >= 15 is 0 Å². The zero-order chi connectivity index (χ0) is 14.8. The van der Waals surface area contributed by atoms with Crippen LogP contribution in [0.2, 0.25) is 0 Å². The van der Waals surface area contributed by atoms with E-state index in [-0.39, 0.29) is 16.0 Å². The van der Waals surface area contributed by atoms with Crippen LogP contribution in [0, 0.1) is 10.1 Å². The van der Waals surface area contributed by atoms with Gasteiger partial charge in [-0.1, -0.05) is 26.8 Å². The van der Waals surface area contributed by atoms with Gasteiger partial charge in [0.2, 0.25) is 0 Å². The van der Waals surface area contributed by atoms with Crippen molar-refractivity contribution in [3.8, 4) is 0 Å². The molecule has 0 aliphatic heterocycles. The zero-order valence-electron chi connectivity index (χ0n) is 11.8. The summed E-state index contributed by atoms with van der Waals surface area (Å²) in [6.45, 7) is 6.13. The molecule has 106 valence electrons. The number of nitro groups is 1. The lowest BCUT2D eigenvalue weighted by Crippen LogP contribution is -2.11. The first-order valence-electron chi connectivity index (χ1n) is 6.32. The van der Waals surface area contributed by atoms with Crippen molar-refractivity contribution in [1.82, 2.24) is 0 Å². The summed E-state index contributed by atoms with van der Waals surface area (Å²) in [5.74, 6) is 1.40. The third-order valence-corrected chi connectivity index (χ3v) is 4.06. The Morgan fingerprint density at radius 1 is 1.30 bits per heavy atom. The lowest BCUT2D eigenvalue weighted by atomic mass is 9.87. The van der Waals surface area contributed by atoms with Crippen molar-refractivity contribution < 1.29 is 9.34 Å². The predicted molar refractivity (Wildman–Crippen MR) is 80.1 cm³/mol. The first-order valence-corrected chi connectivity index (χ1v) is 7.30. The van der Waals surface area contributed by atoms with E-state index in [0.29, 0.717) is 10.6 Å². The van der Waals surface area contributed by atoms with E-state index in [1.54, 1.807) is 12.3 Å². The standard InChI is InChI=1S/C15H17NO3S/c1-15(2,3)11-6-7-14(13(9-11)16(17)18)20-10-12-5-4-8-19-12/h4-9H,10H2,1-3H3. The van der Waals surface area contributed by atoms with Gasteiger partial charge in [0.15, 0.2) is 0 Å². The average Bonchev–Trinajstić information content (AvgIpc) is 2.88. The van der Waals surface area contributed by atoms with Gasteiger partial charge in [0, 0.05) is 6.07 Å². The number of furan rings is 1. The van der Waals surface area contributed by atoms with Crippen molar-refractivity contribution in [1.29, 1.82) is 0 Å². The van der Waals surface area contributed by atoms with Crippen LogP contribution in [0.15, 0.2) is 45.9 Å². The molecule has 0 saturated heterocycles. The molecule has 5 heteroatoms. The Morgan fingerprint density at radius 3 is 2.60 bits per heavy atom. The molecule has 0 radical (unpaired) electrons. The number of hydrogen-bond donors (Lipinski definition) is 0. The minimum Gasteiger partial charge on any atom is -0.468 e. The minimum absolute atomic E-state index is 0.102. The number of nitrogens with zero attached hydrogens (tertiary/aromatic N) is 1. The van der Waals surface area contributed by atoms with Gasteiger partial charge in [-0.2, -0.15) is 0 Å². The van der Waals surface area contributed by atoms with Crippen molar-refractivity contribution in [2.75, 3.05) is 0 Å². The summed E-state index contributed by atoms with van der Waals surface area (Å²) in [4.78, 5) is 11.6. The number of hydrogen-bond acceptors (Lipinski definition) is 4. The van der Waals surface area contributed by atoms with Gasteiger partial charge in [-0.05, 0) is 29.2 Å². The van der Waals surface area contributed by atoms with Crippen LogP contribution in [-0.2, 0) is 11.2 Å². The largest absolute Gasteiger partial charge is 0.468 e. The van der Waals surface area contributed by atoms with Crippen LogP contribution in [0.3, 0.4) is 0 Å². The molecule has 1 heterocycles. The maximum Gasteiger partial charge on any atom is 0.283 e. The molecule has 0 bridgehead atoms. The molecule has 2 aromatic rings. The van der Waals surface area contributed by atoms with Crippen molar-refractivity contribution in [2.24, 2.45) is 0 Å². The van der Waals surface area contributed by atoms with Crippen molar-refractivity contribution in [2.45, 2.75) is 36.8 Å². The molecule has 1 aromatic heterocycles. The third kappa shape index (κ3) is 3.42. The van der Waals surface area contributed by atoms with E-state index in [2.05, 4.69) is 0 Å². The zero-order valence-corrected chi connectivity index (χ0v) is 12.6. The first-order chi connectivity index (χ1) is 9.38. The molecule has 2 rings (SSSR count). The Bertz CT molecular complexity index is 600. The fraction of sp³-hybridized carbons (Fsp3) is 0.333. The van der Waals surface area contributed by atoms with Gasteiger partial charge in [-0.3, -0.25) is 10.1 Å². The van der Waals surface area contributed by atoms with Crippen LogP contribution in [0.5, 0.6) is 0 Å². The topological polar surface area (TPSA) is 56.3 Å². The van der Waals surface area contributed by atoms with Gasteiger partial charge in [-0.25, -0.2) is 0 Å². The van der Waals surface area contributed by atoms with E-state index in [1.165, 1.54) is 11.8 Å². The Morgan fingerprint density at radius 2 is 2.05 bits per heavy atom. The highest BCUT2D eigenvalue weighted by molar-refractivity contribution is 7.98. The first kappa shape index (κ1) is 14.7. The summed E-state index contributed by atoms with van der Waals surface area (Å²) in [6.07, 6.45) is 1.60. The van der Waals surface area contributed by atoms with Crippen LogP contribution in [0.4, 0.5) is 5.69 Å². The second-order valence-electron chi connectivity index (χ2n) is 5.56. The fourth-order valence-corrected chi connectivity index (χ4v) is 2.70. The molecular weight excluding hydrogens is 274 g/mol. The monoisotopic (exact) mass is 291 g/mol. The van der Waals surface area contributed by atoms with E-state index in [4.69, 9.17) is 4.42 Å². The van der Waals surface area contributed by atoms with Gasteiger partial charge >= 0.3 is 0 Å². The molecule has 4 nitrogen and oxygen atoms in total. The summed E-state index contributed by atoms with van der Waals surface area (Å²) in [6, 6.07) is 9.13. The van der Waals surface area contributed by atoms with Gasteiger partial charge in [0.25, 0.3) is 5.69 Å². The van der Waals surface area contributed by atoms with Crippen LogP contribution in [-0.4, -0.2) is 4.92 Å². The van der Waals surface area contributed by atoms with Crippen LogP contribution in [0.1, 0.15) is 32.1 Å². The van der Waals surface area contributed by atoms with Crippen LogP contribution >= 0.6 is 11.8 Å². The summed E-state index contributed by atoms with van der Waals surface area (Å²) in [7, 11) is 0. The van der Waals surface area contributed by atoms with E-state index in [1.807, 2.05) is 45.0 Å². The Labute approximate surface area is 122 Å².